The van der Waals surface area contributed by atoms with Crippen LogP contribution in [0.2, 0.25) is 0 Å². The van der Waals surface area contributed by atoms with Gasteiger partial charge >= 0.3 is 0 Å². The van der Waals surface area contributed by atoms with Crippen LogP contribution in [0.3, 0.4) is 0 Å². The molecule has 146 valence electrons. The van der Waals surface area contributed by atoms with E-state index in [1.807, 2.05) is 79.0 Å². The summed E-state index contributed by atoms with van der Waals surface area (Å²) in [4.78, 5) is 16.7. The van der Waals surface area contributed by atoms with Crippen LogP contribution >= 0.6 is 0 Å². The van der Waals surface area contributed by atoms with E-state index in [2.05, 4.69) is 24.0 Å². The van der Waals surface area contributed by atoms with E-state index >= 15 is 0 Å². The van der Waals surface area contributed by atoms with Crippen molar-refractivity contribution in [2.45, 2.75) is 27.3 Å². The van der Waals surface area contributed by atoms with Gasteiger partial charge in [-0.2, -0.15) is 5.10 Å². The molecule has 1 heterocycles. The van der Waals surface area contributed by atoms with Crippen LogP contribution in [0.4, 0.5) is 5.69 Å². The lowest BCUT2D eigenvalue weighted by atomic mass is 10.2. The molecule has 0 aliphatic heterocycles. The zero-order valence-electron chi connectivity index (χ0n) is 17.1. The highest BCUT2D eigenvalue weighted by Gasteiger charge is 2.19. The molecular weight excluding hydrogens is 348 g/mol. The molecule has 2 aromatic carbocycles. The van der Waals surface area contributed by atoms with Gasteiger partial charge in [-0.15, -0.1) is 0 Å². The average Bonchev–Trinajstić information content (AvgIpc) is 2.98. The molecule has 0 aliphatic carbocycles. The number of carbonyl (C=O) groups excluding carboxylic acids is 1. The summed E-state index contributed by atoms with van der Waals surface area (Å²) in [5.41, 5.74) is 5.26. The summed E-state index contributed by atoms with van der Waals surface area (Å²) < 4.78 is 1.97. The van der Waals surface area contributed by atoms with Crippen molar-refractivity contribution in [2.75, 3.05) is 25.0 Å². The third-order valence-corrected chi connectivity index (χ3v) is 4.96. The van der Waals surface area contributed by atoms with Gasteiger partial charge in [-0.3, -0.25) is 9.69 Å². The minimum Gasteiger partial charge on any atom is -0.312 e. The first-order valence-corrected chi connectivity index (χ1v) is 9.65. The van der Waals surface area contributed by atoms with Gasteiger partial charge in [0.2, 0.25) is 5.91 Å². The molecule has 5 nitrogen and oxygen atoms in total. The molecule has 3 aromatic rings. The second-order valence-electron chi connectivity index (χ2n) is 7.04. The van der Waals surface area contributed by atoms with E-state index in [-0.39, 0.29) is 5.91 Å². The minimum absolute atomic E-state index is 0.0990. The highest BCUT2D eigenvalue weighted by atomic mass is 16.2. The van der Waals surface area contributed by atoms with Crippen molar-refractivity contribution in [1.82, 2.24) is 14.7 Å². The molecule has 0 aliphatic rings. The number of amides is 1. The summed E-state index contributed by atoms with van der Waals surface area (Å²) in [6.45, 7) is 7.81. The van der Waals surface area contributed by atoms with Crippen LogP contribution in [-0.2, 0) is 11.3 Å². The lowest BCUT2D eigenvalue weighted by molar-refractivity contribution is -0.119. The number of aromatic nitrogens is 2. The maximum Gasteiger partial charge on any atom is 0.241 e. The molecular formula is C23H28N4O. The molecule has 1 amide bonds. The zero-order valence-corrected chi connectivity index (χ0v) is 17.1. The molecule has 0 saturated heterocycles. The SMILES string of the molecule is CCN(C(=O)CN(C)Cc1c(C)nn(-c2ccccc2)c1C)c1ccccc1. The van der Waals surface area contributed by atoms with Gasteiger partial charge < -0.3 is 4.90 Å². The predicted molar refractivity (Wildman–Crippen MR) is 114 cm³/mol. The van der Waals surface area contributed by atoms with Crippen molar-refractivity contribution >= 4 is 11.6 Å². The van der Waals surface area contributed by atoms with Gasteiger partial charge in [0.25, 0.3) is 0 Å². The van der Waals surface area contributed by atoms with E-state index in [1.54, 1.807) is 0 Å². The maximum atomic E-state index is 12.8. The number of anilines is 1. The van der Waals surface area contributed by atoms with Crippen LogP contribution in [0.25, 0.3) is 5.69 Å². The number of nitrogens with zero attached hydrogens (tertiary/aromatic N) is 4. The first-order valence-electron chi connectivity index (χ1n) is 9.65. The molecule has 0 radical (unpaired) electrons. The largest absolute Gasteiger partial charge is 0.312 e. The molecule has 3 rings (SSSR count). The Bertz CT molecular complexity index is 919. The second kappa shape index (κ2) is 8.85. The third-order valence-electron chi connectivity index (χ3n) is 4.96. The fraction of sp³-hybridized carbons (Fsp3) is 0.304. The Kier molecular flexibility index (Phi) is 6.26. The fourth-order valence-corrected chi connectivity index (χ4v) is 3.48. The summed E-state index contributed by atoms with van der Waals surface area (Å²) in [5.74, 6) is 0.0990. The van der Waals surface area contributed by atoms with Gasteiger partial charge in [-0.25, -0.2) is 4.68 Å². The number of hydrogen-bond donors (Lipinski definition) is 0. The van der Waals surface area contributed by atoms with Gasteiger partial charge in [-0.05, 0) is 52.1 Å². The summed E-state index contributed by atoms with van der Waals surface area (Å²) in [6, 6.07) is 20.0. The van der Waals surface area contributed by atoms with Gasteiger partial charge in [0.1, 0.15) is 0 Å². The molecule has 0 N–H and O–H groups in total. The predicted octanol–water partition coefficient (Wildman–Crippen LogP) is 3.97. The van der Waals surface area contributed by atoms with E-state index < -0.39 is 0 Å². The highest BCUT2D eigenvalue weighted by molar-refractivity contribution is 5.94. The van der Waals surface area contributed by atoms with Crippen LogP contribution in [0.1, 0.15) is 23.9 Å². The Morgan fingerprint density at radius 1 is 1.00 bits per heavy atom. The van der Waals surface area contributed by atoms with Gasteiger partial charge in [0, 0.05) is 30.0 Å². The van der Waals surface area contributed by atoms with Crippen molar-refractivity contribution in [3.05, 3.63) is 77.6 Å². The third kappa shape index (κ3) is 4.31. The average molecular weight is 377 g/mol. The molecule has 0 atom stereocenters. The highest BCUT2D eigenvalue weighted by Crippen LogP contribution is 2.19. The standard InChI is InChI=1S/C23H28N4O/c1-5-26(20-12-8-6-9-13-20)23(28)17-25(4)16-22-18(2)24-27(19(22)3)21-14-10-7-11-15-21/h6-15H,5,16-17H2,1-4H3. The molecule has 0 bridgehead atoms. The topological polar surface area (TPSA) is 41.4 Å². The molecule has 0 unspecified atom stereocenters. The van der Waals surface area contributed by atoms with Crippen LogP contribution in [0.15, 0.2) is 60.7 Å². The Morgan fingerprint density at radius 3 is 2.21 bits per heavy atom. The summed E-state index contributed by atoms with van der Waals surface area (Å²) in [7, 11) is 1.98. The van der Waals surface area contributed by atoms with Crippen LogP contribution in [-0.4, -0.2) is 40.7 Å². The molecule has 0 spiro atoms. The first-order chi connectivity index (χ1) is 13.5. The fourth-order valence-electron chi connectivity index (χ4n) is 3.48. The minimum atomic E-state index is 0.0990. The van der Waals surface area contributed by atoms with Crippen LogP contribution in [0, 0.1) is 13.8 Å². The molecule has 1 aromatic heterocycles. The number of likely N-dealkylation sites (N-methyl/N-ethyl adjacent to an activating group) is 2. The molecule has 28 heavy (non-hydrogen) atoms. The number of hydrogen-bond acceptors (Lipinski definition) is 3. The Labute approximate surface area is 167 Å². The number of aryl methyl sites for hydroxylation is 1. The summed E-state index contributed by atoms with van der Waals surface area (Å²) >= 11 is 0. The van der Waals surface area contributed by atoms with Crippen LogP contribution < -0.4 is 4.90 Å². The van der Waals surface area contributed by atoms with Crippen molar-refractivity contribution in [2.24, 2.45) is 0 Å². The second-order valence-corrected chi connectivity index (χ2v) is 7.04. The van der Waals surface area contributed by atoms with Crippen molar-refractivity contribution in [3.8, 4) is 5.69 Å². The van der Waals surface area contributed by atoms with Gasteiger partial charge in [0.05, 0.1) is 17.9 Å². The normalized spacial score (nSPS) is 11.0. The smallest absolute Gasteiger partial charge is 0.241 e. The first kappa shape index (κ1) is 19.8. The molecule has 0 saturated carbocycles. The zero-order chi connectivity index (χ0) is 20.1. The van der Waals surface area contributed by atoms with Gasteiger partial charge in [-0.1, -0.05) is 36.4 Å². The Balaban J connectivity index is 1.72. The molecule has 5 heteroatoms. The van der Waals surface area contributed by atoms with E-state index in [9.17, 15) is 4.79 Å². The lowest BCUT2D eigenvalue weighted by Gasteiger charge is -2.24. The maximum absolute atomic E-state index is 12.8. The number of benzene rings is 2. The molecule has 0 fully saturated rings. The Morgan fingerprint density at radius 2 is 1.61 bits per heavy atom. The quantitative estimate of drug-likeness (QED) is 0.626. The Hall–Kier alpha value is -2.92. The summed E-state index contributed by atoms with van der Waals surface area (Å²) in [5, 5.41) is 4.71. The lowest BCUT2D eigenvalue weighted by Crippen LogP contribution is -2.38. The van der Waals surface area contributed by atoms with Gasteiger partial charge in [0.15, 0.2) is 0 Å². The summed E-state index contributed by atoms with van der Waals surface area (Å²) in [6.07, 6.45) is 0. The van der Waals surface area contributed by atoms with Crippen molar-refractivity contribution in [3.63, 3.8) is 0 Å². The van der Waals surface area contributed by atoms with E-state index in [1.165, 1.54) is 5.56 Å². The van der Waals surface area contributed by atoms with Crippen molar-refractivity contribution in [1.29, 1.82) is 0 Å². The van der Waals surface area contributed by atoms with E-state index in [0.717, 1.165) is 22.8 Å². The van der Waals surface area contributed by atoms with E-state index in [0.29, 0.717) is 19.6 Å². The van der Waals surface area contributed by atoms with Crippen molar-refractivity contribution < 1.29 is 4.79 Å². The number of rotatable bonds is 7. The number of carbonyl (C=O) groups is 1. The monoisotopic (exact) mass is 376 g/mol. The number of para-hydroxylation sites is 2. The van der Waals surface area contributed by atoms with Crippen LogP contribution in [0.5, 0.6) is 0 Å². The van der Waals surface area contributed by atoms with E-state index in [4.69, 9.17) is 5.10 Å².